The normalized spacial score (nSPS) is 13.2. The van der Waals surface area contributed by atoms with Crippen LogP contribution in [0.5, 0.6) is 0 Å². The summed E-state index contributed by atoms with van der Waals surface area (Å²) in [5.41, 5.74) is 0.932. The van der Waals surface area contributed by atoms with E-state index in [1.807, 2.05) is 0 Å². The molecule has 10 heteroatoms. The molecule has 6 nitrogen and oxygen atoms in total. The van der Waals surface area contributed by atoms with Crippen LogP contribution in [-0.2, 0) is 11.3 Å². The smallest absolute Gasteiger partial charge is 0.322 e. The molecule has 0 fully saturated rings. The molecule has 0 bridgehead atoms. The highest BCUT2D eigenvalue weighted by molar-refractivity contribution is 9.10. The highest BCUT2D eigenvalue weighted by Gasteiger charge is 2.28. The Kier molecular flexibility index (Phi) is 4.59. The molecule has 22 heavy (non-hydrogen) atoms. The summed E-state index contributed by atoms with van der Waals surface area (Å²) >= 11 is 3.30. The minimum absolute atomic E-state index is 0.198. The summed E-state index contributed by atoms with van der Waals surface area (Å²) in [7, 11) is 0. The van der Waals surface area contributed by atoms with Gasteiger partial charge in [0.05, 0.1) is 22.1 Å². The fourth-order valence-electron chi connectivity index (χ4n) is 1.72. The van der Waals surface area contributed by atoms with Crippen molar-refractivity contribution in [1.29, 1.82) is 0 Å². The van der Waals surface area contributed by atoms with Gasteiger partial charge >= 0.3 is 6.18 Å². The van der Waals surface area contributed by atoms with Crippen LogP contribution in [0.2, 0.25) is 0 Å². The van der Waals surface area contributed by atoms with Gasteiger partial charge in [-0.1, -0.05) is 0 Å². The highest BCUT2D eigenvalue weighted by Crippen LogP contribution is 2.20. The number of hydrogen-bond acceptors (Lipinski definition) is 3. The number of hydrogen-bond donors (Lipinski definition) is 1. The molecular weight excluding hydrogens is 367 g/mol. The second-order valence-corrected chi connectivity index (χ2v) is 5.60. The summed E-state index contributed by atoms with van der Waals surface area (Å²) < 4.78 is 39.7. The first-order chi connectivity index (χ1) is 10.2. The van der Waals surface area contributed by atoms with E-state index in [1.54, 1.807) is 20.0 Å². The molecule has 0 aliphatic rings. The van der Waals surface area contributed by atoms with Crippen LogP contribution < -0.4 is 5.32 Å². The molecule has 0 aliphatic heterocycles. The van der Waals surface area contributed by atoms with Gasteiger partial charge in [-0.15, -0.1) is 0 Å². The van der Waals surface area contributed by atoms with E-state index in [-0.39, 0.29) is 5.69 Å². The van der Waals surface area contributed by atoms with Gasteiger partial charge in [0.15, 0.2) is 0 Å². The van der Waals surface area contributed by atoms with Crippen molar-refractivity contribution in [3.63, 3.8) is 0 Å². The van der Waals surface area contributed by atoms with Crippen molar-refractivity contribution in [3.05, 3.63) is 28.8 Å². The Morgan fingerprint density at radius 3 is 2.68 bits per heavy atom. The van der Waals surface area contributed by atoms with E-state index in [1.165, 1.54) is 10.9 Å². The lowest BCUT2D eigenvalue weighted by atomic mass is 10.3. The molecule has 120 valence electrons. The first-order valence-corrected chi connectivity index (χ1v) is 7.06. The van der Waals surface area contributed by atoms with Gasteiger partial charge in [-0.2, -0.15) is 23.4 Å². The Morgan fingerprint density at radius 1 is 1.45 bits per heavy atom. The van der Waals surface area contributed by atoms with Gasteiger partial charge in [0.1, 0.15) is 12.6 Å². The molecule has 0 saturated carbocycles. The van der Waals surface area contributed by atoms with E-state index in [2.05, 4.69) is 31.4 Å². The Morgan fingerprint density at radius 2 is 2.14 bits per heavy atom. The Hall–Kier alpha value is -1.84. The largest absolute Gasteiger partial charge is 0.408 e. The second kappa shape index (κ2) is 6.11. The predicted octanol–water partition coefficient (Wildman–Crippen LogP) is 2.91. The summed E-state index contributed by atoms with van der Waals surface area (Å²) in [4.78, 5) is 12.1. The van der Waals surface area contributed by atoms with E-state index in [9.17, 15) is 18.0 Å². The minimum atomic E-state index is -4.36. The summed E-state index contributed by atoms with van der Waals surface area (Å²) in [5.74, 6) is -0.401. The molecule has 2 aromatic rings. The third-order valence-corrected chi connectivity index (χ3v) is 3.65. The van der Waals surface area contributed by atoms with Crippen molar-refractivity contribution in [2.75, 3.05) is 5.32 Å². The topological polar surface area (TPSA) is 64.7 Å². The van der Waals surface area contributed by atoms with Crippen LogP contribution in [0.4, 0.5) is 18.9 Å². The number of halogens is 4. The van der Waals surface area contributed by atoms with E-state index >= 15 is 0 Å². The average molecular weight is 380 g/mol. The molecular formula is C12H13BrF3N5O. The number of aryl methyl sites for hydroxylation is 1. The first kappa shape index (κ1) is 16.5. The highest BCUT2D eigenvalue weighted by atomic mass is 79.9. The number of alkyl halides is 3. The third kappa shape index (κ3) is 4.09. The number of amides is 1. The number of anilines is 1. The fourth-order valence-corrected chi connectivity index (χ4v) is 2.01. The molecule has 1 N–H and O–H groups in total. The lowest BCUT2D eigenvalue weighted by Gasteiger charge is -2.11. The van der Waals surface area contributed by atoms with Crippen LogP contribution in [0.1, 0.15) is 18.7 Å². The van der Waals surface area contributed by atoms with Gasteiger partial charge < -0.3 is 5.32 Å². The number of carbonyl (C=O) groups is 1. The van der Waals surface area contributed by atoms with Gasteiger partial charge in [-0.3, -0.25) is 14.2 Å². The predicted molar refractivity (Wildman–Crippen MR) is 76.3 cm³/mol. The number of carbonyl (C=O) groups excluding carboxylic acids is 1. The van der Waals surface area contributed by atoms with Crippen LogP contribution in [0.15, 0.2) is 23.1 Å². The molecule has 2 heterocycles. The molecule has 0 aromatic carbocycles. The van der Waals surface area contributed by atoms with Gasteiger partial charge in [0, 0.05) is 12.4 Å². The molecule has 1 atom stereocenters. The summed E-state index contributed by atoms with van der Waals surface area (Å²) in [5, 5.41) is 10.2. The minimum Gasteiger partial charge on any atom is -0.322 e. The Bertz CT molecular complexity index is 659. The van der Waals surface area contributed by atoms with Crippen molar-refractivity contribution in [3.8, 4) is 0 Å². The number of rotatable bonds is 4. The maximum atomic E-state index is 12.2. The lowest BCUT2D eigenvalue weighted by Crippen LogP contribution is -2.24. The van der Waals surface area contributed by atoms with Gasteiger partial charge in [-0.25, -0.2) is 0 Å². The van der Waals surface area contributed by atoms with E-state index in [4.69, 9.17) is 0 Å². The van der Waals surface area contributed by atoms with Crippen molar-refractivity contribution in [1.82, 2.24) is 19.6 Å². The van der Waals surface area contributed by atoms with Crippen molar-refractivity contribution in [2.24, 2.45) is 0 Å². The molecule has 0 unspecified atom stereocenters. The zero-order valence-electron chi connectivity index (χ0n) is 11.7. The van der Waals surface area contributed by atoms with Crippen LogP contribution in [-0.4, -0.2) is 31.6 Å². The molecule has 0 radical (unpaired) electrons. The standard InChI is InChI=1S/C12H13BrF3N5O/c1-7-10(13)5-21(19-7)8(2)11(22)18-9-3-17-20(4-9)6-12(14,15)16/h3-5,8H,6H2,1-2H3,(H,18,22)/t8-/m1/s1. The molecule has 2 rings (SSSR count). The number of nitrogens with zero attached hydrogens (tertiary/aromatic N) is 4. The average Bonchev–Trinajstić information content (AvgIpc) is 2.94. The van der Waals surface area contributed by atoms with E-state index < -0.39 is 24.7 Å². The van der Waals surface area contributed by atoms with E-state index in [0.717, 1.165) is 21.0 Å². The van der Waals surface area contributed by atoms with Gasteiger partial charge in [0.2, 0.25) is 5.91 Å². The Labute approximate surface area is 132 Å². The maximum absolute atomic E-state index is 12.2. The fraction of sp³-hybridized carbons (Fsp3) is 0.417. The van der Waals surface area contributed by atoms with Crippen LogP contribution in [0.25, 0.3) is 0 Å². The summed E-state index contributed by atoms with van der Waals surface area (Å²) in [6.45, 7) is 2.21. The molecule has 1 amide bonds. The van der Waals surface area contributed by atoms with Crippen LogP contribution in [0, 0.1) is 6.92 Å². The molecule has 2 aromatic heterocycles. The van der Waals surface area contributed by atoms with Crippen LogP contribution in [0.3, 0.4) is 0 Å². The molecule has 0 spiro atoms. The van der Waals surface area contributed by atoms with Crippen molar-refractivity contribution < 1.29 is 18.0 Å². The van der Waals surface area contributed by atoms with Crippen molar-refractivity contribution in [2.45, 2.75) is 32.6 Å². The monoisotopic (exact) mass is 379 g/mol. The molecule has 0 saturated heterocycles. The number of aromatic nitrogens is 4. The van der Waals surface area contributed by atoms with Crippen molar-refractivity contribution >= 4 is 27.5 Å². The summed E-state index contributed by atoms with van der Waals surface area (Å²) in [6.07, 6.45) is -0.408. The van der Waals surface area contributed by atoms with Gasteiger partial charge in [0.25, 0.3) is 0 Å². The van der Waals surface area contributed by atoms with Gasteiger partial charge in [-0.05, 0) is 29.8 Å². The van der Waals surface area contributed by atoms with E-state index in [0.29, 0.717) is 0 Å². The SMILES string of the molecule is Cc1nn([C@H](C)C(=O)Nc2cnn(CC(F)(F)F)c2)cc1Br. The second-order valence-electron chi connectivity index (χ2n) is 4.75. The number of nitrogens with one attached hydrogen (secondary N) is 1. The quantitative estimate of drug-likeness (QED) is 0.887. The molecule has 0 aliphatic carbocycles. The first-order valence-electron chi connectivity index (χ1n) is 6.27. The zero-order chi connectivity index (χ0) is 16.5. The maximum Gasteiger partial charge on any atom is 0.408 e. The zero-order valence-corrected chi connectivity index (χ0v) is 13.3. The lowest BCUT2D eigenvalue weighted by molar-refractivity contribution is -0.142. The Balaban J connectivity index is 2.02. The third-order valence-electron chi connectivity index (χ3n) is 2.88. The van der Waals surface area contributed by atoms with Crippen LogP contribution >= 0.6 is 15.9 Å². The summed E-state index contributed by atoms with van der Waals surface area (Å²) in [6, 6.07) is -0.615.